The van der Waals surface area contributed by atoms with Crippen LogP contribution in [0.25, 0.3) is 0 Å². The highest BCUT2D eigenvalue weighted by Gasteiger charge is 2.13. The largest absolute Gasteiger partial charge is 0.462 e. The van der Waals surface area contributed by atoms with E-state index < -0.39 is 11.9 Å². The maximum atomic E-state index is 11.6. The van der Waals surface area contributed by atoms with E-state index in [4.69, 9.17) is 9.47 Å². The molecule has 0 amide bonds. The van der Waals surface area contributed by atoms with Gasteiger partial charge in [0.2, 0.25) is 0 Å². The fourth-order valence-electron chi connectivity index (χ4n) is 1.45. The molecule has 4 nitrogen and oxygen atoms in total. The molecule has 1 aromatic carbocycles. The number of benzene rings is 1. The molecule has 0 saturated carbocycles. The van der Waals surface area contributed by atoms with Gasteiger partial charge in [-0.2, -0.15) is 0 Å². The van der Waals surface area contributed by atoms with Crippen LogP contribution in [0.1, 0.15) is 54.0 Å². The summed E-state index contributed by atoms with van der Waals surface area (Å²) in [5.74, 6) is -0.858. The Morgan fingerprint density at radius 2 is 1.26 bits per heavy atom. The van der Waals surface area contributed by atoms with E-state index in [0.717, 1.165) is 5.56 Å². The zero-order chi connectivity index (χ0) is 14.8. The van der Waals surface area contributed by atoms with Crippen LogP contribution in [-0.4, -0.2) is 25.2 Å². The lowest BCUT2D eigenvalue weighted by molar-refractivity contribution is 0.0525. The predicted molar refractivity (Wildman–Crippen MR) is 74.4 cm³/mol. The normalized spacial score (nSPS) is 9.11. The summed E-state index contributed by atoms with van der Waals surface area (Å²) in [4.78, 5) is 23.1. The molecule has 0 aliphatic rings. The lowest BCUT2D eigenvalue weighted by atomic mass is 10.1. The van der Waals surface area contributed by atoms with Crippen molar-refractivity contribution >= 4 is 11.9 Å². The molecular formula is C15H22O4. The van der Waals surface area contributed by atoms with E-state index in [1.807, 2.05) is 20.8 Å². The summed E-state index contributed by atoms with van der Waals surface area (Å²) in [6, 6.07) is 4.85. The van der Waals surface area contributed by atoms with Crippen molar-refractivity contribution in [2.24, 2.45) is 0 Å². The van der Waals surface area contributed by atoms with Gasteiger partial charge in [-0.3, -0.25) is 0 Å². The van der Waals surface area contributed by atoms with Crippen molar-refractivity contribution in [3.63, 3.8) is 0 Å². The van der Waals surface area contributed by atoms with E-state index >= 15 is 0 Å². The first-order valence-electron chi connectivity index (χ1n) is 6.54. The Morgan fingerprint density at radius 1 is 0.895 bits per heavy atom. The van der Waals surface area contributed by atoms with Gasteiger partial charge in [0.1, 0.15) is 0 Å². The van der Waals surface area contributed by atoms with Crippen molar-refractivity contribution in [3.8, 4) is 0 Å². The van der Waals surface area contributed by atoms with Gasteiger partial charge in [0, 0.05) is 0 Å². The molecule has 0 fully saturated rings. The highest BCUT2D eigenvalue weighted by Crippen LogP contribution is 2.12. The minimum Gasteiger partial charge on any atom is -0.462 e. The third-order valence-electron chi connectivity index (χ3n) is 2.10. The zero-order valence-electron chi connectivity index (χ0n) is 12.3. The fourth-order valence-corrected chi connectivity index (χ4v) is 1.45. The molecule has 0 saturated heterocycles. The van der Waals surface area contributed by atoms with Crippen molar-refractivity contribution in [3.05, 3.63) is 34.9 Å². The first-order chi connectivity index (χ1) is 9.08. The van der Waals surface area contributed by atoms with E-state index in [1.165, 1.54) is 6.07 Å². The third kappa shape index (κ3) is 5.55. The Morgan fingerprint density at radius 3 is 1.58 bits per heavy atom. The van der Waals surface area contributed by atoms with Gasteiger partial charge < -0.3 is 9.47 Å². The van der Waals surface area contributed by atoms with Gasteiger partial charge in [-0.15, -0.1) is 0 Å². The molecule has 0 spiro atoms. The smallest absolute Gasteiger partial charge is 0.338 e. The van der Waals surface area contributed by atoms with Crippen LogP contribution in [0, 0.1) is 6.92 Å². The van der Waals surface area contributed by atoms with E-state index in [-0.39, 0.29) is 0 Å². The summed E-state index contributed by atoms with van der Waals surface area (Å²) in [6.45, 7) is 9.90. The summed E-state index contributed by atoms with van der Waals surface area (Å²) in [5.41, 5.74) is 1.56. The number of aryl methyl sites for hydroxylation is 1. The Balaban J connectivity index is 0.00000154. The average Bonchev–Trinajstić information content (AvgIpc) is 2.41. The van der Waals surface area contributed by atoms with Crippen LogP contribution in [0.3, 0.4) is 0 Å². The lowest BCUT2D eigenvalue weighted by Crippen LogP contribution is -2.09. The van der Waals surface area contributed by atoms with Gasteiger partial charge in [0.05, 0.1) is 24.3 Å². The summed E-state index contributed by atoms with van der Waals surface area (Å²) in [6.07, 6.45) is 0. The molecule has 0 radical (unpaired) electrons. The number of carbonyl (C=O) groups excluding carboxylic acids is 2. The van der Waals surface area contributed by atoms with Gasteiger partial charge in [-0.1, -0.05) is 13.8 Å². The van der Waals surface area contributed by atoms with Crippen LogP contribution in [0.5, 0.6) is 0 Å². The number of ether oxygens (including phenoxy) is 2. The van der Waals surface area contributed by atoms with Gasteiger partial charge in [-0.25, -0.2) is 9.59 Å². The molecule has 0 aliphatic heterocycles. The highest BCUT2D eigenvalue weighted by molar-refractivity contribution is 5.95. The second-order valence-corrected chi connectivity index (χ2v) is 3.53. The zero-order valence-corrected chi connectivity index (χ0v) is 12.3. The van der Waals surface area contributed by atoms with Crippen LogP contribution >= 0.6 is 0 Å². The standard InChI is InChI=1S/C13H16O4.C2H6/c1-4-16-12(14)10-6-9(3)7-11(8-10)13(15)17-5-2;1-2/h6-8H,4-5H2,1-3H3;1-2H3. The summed E-state index contributed by atoms with van der Waals surface area (Å²) in [7, 11) is 0. The summed E-state index contributed by atoms with van der Waals surface area (Å²) < 4.78 is 9.77. The maximum absolute atomic E-state index is 11.6. The molecule has 1 rings (SSSR count). The minimum absolute atomic E-state index is 0.307. The van der Waals surface area contributed by atoms with Crippen LogP contribution in [0.2, 0.25) is 0 Å². The number of rotatable bonds is 4. The Kier molecular flexibility index (Phi) is 8.25. The van der Waals surface area contributed by atoms with Crippen molar-refractivity contribution in [2.75, 3.05) is 13.2 Å². The predicted octanol–water partition coefficient (Wildman–Crippen LogP) is 3.37. The Bertz CT molecular complexity index is 388. The lowest BCUT2D eigenvalue weighted by Gasteiger charge is -2.06. The molecule has 4 heteroatoms. The third-order valence-corrected chi connectivity index (χ3v) is 2.10. The van der Waals surface area contributed by atoms with Gasteiger partial charge in [0.25, 0.3) is 0 Å². The second kappa shape index (κ2) is 9.14. The van der Waals surface area contributed by atoms with Gasteiger partial charge in [0.15, 0.2) is 0 Å². The van der Waals surface area contributed by atoms with Gasteiger partial charge in [-0.05, 0) is 44.5 Å². The fraction of sp³-hybridized carbons (Fsp3) is 0.467. The van der Waals surface area contributed by atoms with Crippen LogP contribution in [0.15, 0.2) is 18.2 Å². The van der Waals surface area contributed by atoms with Crippen LogP contribution < -0.4 is 0 Å². The average molecular weight is 266 g/mol. The van der Waals surface area contributed by atoms with Gasteiger partial charge >= 0.3 is 11.9 Å². The van der Waals surface area contributed by atoms with E-state index in [1.54, 1.807) is 26.0 Å². The van der Waals surface area contributed by atoms with Crippen LogP contribution in [-0.2, 0) is 9.47 Å². The number of carbonyl (C=O) groups is 2. The minimum atomic E-state index is -0.429. The maximum Gasteiger partial charge on any atom is 0.338 e. The van der Waals surface area contributed by atoms with E-state index in [9.17, 15) is 9.59 Å². The van der Waals surface area contributed by atoms with Crippen LogP contribution in [0.4, 0.5) is 0 Å². The molecule has 0 heterocycles. The highest BCUT2D eigenvalue weighted by atomic mass is 16.5. The molecule has 0 atom stereocenters. The molecule has 0 aromatic heterocycles. The Labute approximate surface area is 114 Å². The molecule has 19 heavy (non-hydrogen) atoms. The summed E-state index contributed by atoms with van der Waals surface area (Å²) in [5, 5.41) is 0. The second-order valence-electron chi connectivity index (χ2n) is 3.53. The van der Waals surface area contributed by atoms with Crippen molar-refractivity contribution in [1.29, 1.82) is 0 Å². The monoisotopic (exact) mass is 266 g/mol. The number of esters is 2. The quantitative estimate of drug-likeness (QED) is 0.784. The van der Waals surface area contributed by atoms with Crippen molar-refractivity contribution < 1.29 is 19.1 Å². The first kappa shape index (κ1) is 17.2. The molecule has 1 aromatic rings. The first-order valence-corrected chi connectivity index (χ1v) is 6.54. The molecule has 0 aliphatic carbocycles. The molecule has 0 bridgehead atoms. The Hall–Kier alpha value is -1.84. The molecule has 0 unspecified atom stereocenters. The topological polar surface area (TPSA) is 52.6 Å². The summed E-state index contributed by atoms with van der Waals surface area (Å²) >= 11 is 0. The SMILES string of the molecule is CC.CCOC(=O)c1cc(C)cc(C(=O)OCC)c1. The molecule has 106 valence electrons. The van der Waals surface area contributed by atoms with Crippen molar-refractivity contribution in [2.45, 2.75) is 34.6 Å². The molecule has 0 N–H and O–H groups in total. The number of hydrogen-bond donors (Lipinski definition) is 0. The van der Waals surface area contributed by atoms with E-state index in [2.05, 4.69) is 0 Å². The molecular weight excluding hydrogens is 244 g/mol. The number of hydrogen-bond acceptors (Lipinski definition) is 4. The van der Waals surface area contributed by atoms with E-state index in [0.29, 0.717) is 24.3 Å². The van der Waals surface area contributed by atoms with Crippen molar-refractivity contribution in [1.82, 2.24) is 0 Å².